The maximum Gasteiger partial charge on any atom is 0.471 e. The van der Waals surface area contributed by atoms with Crippen LogP contribution in [0.4, 0.5) is 13.2 Å². The molecule has 0 fully saturated rings. The summed E-state index contributed by atoms with van der Waals surface area (Å²) in [7, 11) is 0. The first kappa shape index (κ1) is 17.7. The molecule has 3 rings (SSSR count). The number of alkyl halides is 3. The van der Waals surface area contributed by atoms with E-state index in [-0.39, 0.29) is 18.2 Å². The van der Waals surface area contributed by atoms with Crippen molar-refractivity contribution in [3.63, 3.8) is 0 Å². The Morgan fingerprint density at radius 1 is 1.00 bits per heavy atom. The number of nitrogens with zero attached hydrogens (tertiary/aromatic N) is 2. The number of hydrogen-bond donors (Lipinski definition) is 1. The predicted octanol–water partition coefficient (Wildman–Crippen LogP) is 3.61. The maximum absolute atomic E-state index is 12.5. The molecule has 0 saturated heterocycles. The Bertz CT molecular complexity index is 875. The molecule has 2 aromatic carbocycles. The zero-order valence-electron chi connectivity index (χ0n) is 13.5. The van der Waals surface area contributed by atoms with Gasteiger partial charge in [0.2, 0.25) is 11.7 Å². The summed E-state index contributed by atoms with van der Waals surface area (Å²) in [6, 6.07) is 15.9. The van der Waals surface area contributed by atoms with Crippen LogP contribution in [0, 0.1) is 0 Å². The Labute approximate surface area is 146 Å². The van der Waals surface area contributed by atoms with Gasteiger partial charge in [0.1, 0.15) is 0 Å². The lowest BCUT2D eigenvalue weighted by molar-refractivity contribution is -0.159. The third kappa shape index (κ3) is 4.47. The second-order valence-electron chi connectivity index (χ2n) is 5.56. The molecular weight excluding hydrogens is 347 g/mol. The Kier molecular flexibility index (Phi) is 5.01. The number of halogens is 3. The molecule has 0 atom stereocenters. The largest absolute Gasteiger partial charge is 0.471 e. The highest BCUT2D eigenvalue weighted by molar-refractivity contribution is 5.78. The molecular formula is C18H14F3N3O2. The summed E-state index contributed by atoms with van der Waals surface area (Å²) in [6.07, 6.45) is -4.52. The summed E-state index contributed by atoms with van der Waals surface area (Å²) < 4.78 is 41.6. The van der Waals surface area contributed by atoms with Gasteiger partial charge in [-0.3, -0.25) is 4.79 Å². The number of aromatic nitrogens is 2. The van der Waals surface area contributed by atoms with Gasteiger partial charge in [-0.1, -0.05) is 59.8 Å². The number of carbonyl (C=O) groups is 1. The van der Waals surface area contributed by atoms with E-state index in [4.69, 9.17) is 0 Å². The summed E-state index contributed by atoms with van der Waals surface area (Å²) in [4.78, 5) is 15.3. The third-order valence-electron chi connectivity index (χ3n) is 3.58. The molecule has 0 saturated carbocycles. The molecule has 1 amide bonds. The van der Waals surface area contributed by atoms with Gasteiger partial charge in [-0.15, -0.1) is 0 Å². The topological polar surface area (TPSA) is 68.0 Å². The molecule has 1 heterocycles. The number of amides is 1. The molecule has 1 N–H and O–H groups in total. The minimum Gasteiger partial charge on any atom is -0.352 e. The van der Waals surface area contributed by atoms with Crippen molar-refractivity contribution in [2.75, 3.05) is 0 Å². The first-order valence-electron chi connectivity index (χ1n) is 7.72. The number of benzene rings is 2. The smallest absolute Gasteiger partial charge is 0.352 e. The molecule has 1 aromatic heterocycles. The van der Waals surface area contributed by atoms with Crippen molar-refractivity contribution < 1.29 is 22.5 Å². The molecule has 26 heavy (non-hydrogen) atoms. The van der Waals surface area contributed by atoms with Gasteiger partial charge in [-0.2, -0.15) is 18.2 Å². The van der Waals surface area contributed by atoms with Gasteiger partial charge >= 0.3 is 12.1 Å². The number of hydrogen-bond acceptors (Lipinski definition) is 4. The fourth-order valence-electron chi connectivity index (χ4n) is 2.27. The normalized spacial score (nSPS) is 11.3. The first-order chi connectivity index (χ1) is 12.4. The molecule has 134 valence electrons. The van der Waals surface area contributed by atoms with Crippen LogP contribution in [0.2, 0.25) is 0 Å². The van der Waals surface area contributed by atoms with Crippen LogP contribution in [0.25, 0.3) is 11.4 Å². The lowest BCUT2D eigenvalue weighted by atomic mass is 10.1. The molecule has 8 heteroatoms. The Hall–Kier alpha value is -3.16. The van der Waals surface area contributed by atoms with Crippen molar-refractivity contribution in [1.82, 2.24) is 15.5 Å². The van der Waals surface area contributed by atoms with E-state index in [9.17, 15) is 18.0 Å². The minimum absolute atomic E-state index is 0.152. The third-order valence-corrected chi connectivity index (χ3v) is 3.58. The highest BCUT2D eigenvalue weighted by Crippen LogP contribution is 2.29. The van der Waals surface area contributed by atoms with E-state index in [0.29, 0.717) is 12.1 Å². The Balaban J connectivity index is 1.59. The Morgan fingerprint density at radius 3 is 2.31 bits per heavy atom. The van der Waals surface area contributed by atoms with E-state index in [1.807, 2.05) is 30.3 Å². The van der Waals surface area contributed by atoms with E-state index >= 15 is 0 Å². The summed E-state index contributed by atoms with van der Waals surface area (Å²) >= 11 is 0. The number of nitrogens with one attached hydrogen (secondary N) is 1. The molecule has 0 unspecified atom stereocenters. The van der Waals surface area contributed by atoms with E-state index in [1.54, 1.807) is 24.3 Å². The summed E-state index contributed by atoms with van der Waals surface area (Å²) in [6.45, 7) is 0.431. The molecule has 0 radical (unpaired) electrons. The fourth-order valence-corrected chi connectivity index (χ4v) is 2.27. The molecule has 0 bridgehead atoms. The average Bonchev–Trinajstić information content (AvgIpc) is 3.12. The van der Waals surface area contributed by atoms with Crippen LogP contribution < -0.4 is 5.32 Å². The Morgan fingerprint density at radius 2 is 1.69 bits per heavy atom. The molecule has 0 aliphatic rings. The lowest BCUT2D eigenvalue weighted by Crippen LogP contribution is -2.24. The van der Waals surface area contributed by atoms with Gasteiger partial charge in [-0.05, 0) is 11.1 Å². The molecule has 0 aliphatic heterocycles. The standard InChI is InChI=1S/C18H14F3N3O2/c19-18(20,21)17-23-16(24-26-17)14-8-6-12(7-9-14)10-15(25)22-11-13-4-2-1-3-5-13/h1-9H,10-11H2,(H,22,25). The molecule has 3 aromatic rings. The van der Waals surface area contributed by atoms with Crippen molar-refractivity contribution >= 4 is 5.91 Å². The quantitative estimate of drug-likeness (QED) is 0.754. The van der Waals surface area contributed by atoms with Gasteiger partial charge in [-0.25, -0.2) is 0 Å². The van der Waals surface area contributed by atoms with E-state index in [1.165, 1.54) is 0 Å². The predicted molar refractivity (Wildman–Crippen MR) is 86.7 cm³/mol. The first-order valence-corrected chi connectivity index (χ1v) is 7.72. The average molecular weight is 361 g/mol. The highest BCUT2D eigenvalue weighted by Gasteiger charge is 2.38. The van der Waals surface area contributed by atoms with Crippen molar-refractivity contribution in [3.8, 4) is 11.4 Å². The molecule has 5 nitrogen and oxygen atoms in total. The van der Waals surface area contributed by atoms with Crippen LogP contribution in [0.1, 0.15) is 17.0 Å². The van der Waals surface area contributed by atoms with Crippen LogP contribution >= 0.6 is 0 Å². The van der Waals surface area contributed by atoms with E-state index in [0.717, 1.165) is 11.1 Å². The van der Waals surface area contributed by atoms with Crippen molar-refractivity contribution in [1.29, 1.82) is 0 Å². The van der Waals surface area contributed by atoms with Gasteiger partial charge in [0.25, 0.3) is 0 Å². The van der Waals surface area contributed by atoms with E-state index in [2.05, 4.69) is 20.0 Å². The van der Waals surface area contributed by atoms with Crippen LogP contribution in [0.3, 0.4) is 0 Å². The summed E-state index contributed by atoms with van der Waals surface area (Å²) in [5.74, 6) is -1.70. The van der Waals surface area contributed by atoms with Crippen molar-refractivity contribution in [2.24, 2.45) is 0 Å². The van der Waals surface area contributed by atoms with Crippen LogP contribution in [0.5, 0.6) is 0 Å². The molecule has 0 aliphatic carbocycles. The monoisotopic (exact) mass is 361 g/mol. The summed E-state index contributed by atoms with van der Waals surface area (Å²) in [5.41, 5.74) is 2.09. The number of rotatable bonds is 5. The SMILES string of the molecule is O=C(Cc1ccc(-c2noc(C(F)(F)F)n2)cc1)NCc1ccccc1. The summed E-state index contributed by atoms with van der Waals surface area (Å²) in [5, 5.41) is 6.13. The minimum atomic E-state index is -4.68. The van der Waals surface area contributed by atoms with Crippen molar-refractivity contribution in [2.45, 2.75) is 19.1 Å². The maximum atomic E-state index is 12.5. The zero-order chi connectivity index (χ0) is 18.6. The van der Waals surface area contributed by atoms with Crippen LogP contribution in [-0.4, -0.2) is 16.0 Å². The van der Waals surface area contributed by atoms with Gasteiger partial charge in [0.15, 0.2) is 0 Å². The molecule has 0 spiro atoms. The number of carbonyl (C=O) groups excluding carboxylic acids is 1. The van der Waals surface area contributed by atoms with Gasteiger partial charge in [0, 0.05) is 12.1 Å². The highest BCUT2D eigenvalue weighted by atomic mass is 19.4. The second-order valence-corrected chi connectivity index (χ2v) is 5.56. The van der Waals surface area contributed by atoms with Crippen molar-refractivity contribution in [3.05, 3.63) is 71.6 Å². The lowest BCUT2D eigenvalue weighted by Gasteiger charge is -2.06. The van der Waals surface area contributed by atoms with Gasteiger partial charge in [0.05, 0.1) is 6.42 Å². The van der Waals surface area contributed by atoms with Crippen LogP contribution in [-0.2, 0) is 23.9 Å². The van der Waals surface area contributed by atoms with Crippen LogP contribution in [0.15, 0.2) is 59.1 Å². The zero-order valence-corrected chi connectivity index (χ0v) is 13.5. The van der Waals surface area contributed by atoms with Gasteiger partial charge < -0.3 is 9.84 Å². The fraction of sp³-hybridized carbons (Fsp3) is 0.167. The van der Waals surface area contributed by atoms with E-state index < -0.39 is 12.1 Å². The second kappa shape index (κ2) is 7.38.